The van der Waals surface area contributed by atoms with Crippen molar-refractivity contribution in [1.82, 2.24) is 4.57 Å². The predicted molar refractivity (Wildman–Crippen MR) is 90.5 cm³/mol. The predicted octanol–water partition coefficient (Wildman–Crippen LogP) is 4.53. The molecular weight excluding hydrogens is 275 g/mol. The number of nitrogens with zero attached hydrogens (tertiary/aromatic N) is 1. The lowest BCUT2D eigenvalue weighted by molar-refractivity contribution is 0.594. The monoisotopic (exact) mass is 296 g/mol. The van der Waals surface area contributed by atoms with Crippen LogP contribution in [0.25, 0.3) is 22.0 Å². The molecule has 0 aliphatic heterocycles. The fourth-order valence-corrected chi connectivity index (χ4v) is 3.23. The maximum Gasteiger partial charge on any atom is 0.123 e. The van der Waals surface area contributed by atoms with Gasteiger partial charge in [-0.1, -0.05) is 30.3 Å². The van der Waals surface area contributed by atoms with Crippen LogP contribution in [-0.4, -0.2) is 11.1 Å². The molecule has 0 atom stereocenters. The SMILES string of the molecule is CC(C)n1c(CCN)c(-c2ccc(F)cc2)c2ccccc21. The van der Waals surface area contributed by atoms with Gasteiger partial charge in [-0.25, -0.2) is 4.39 Å². The summed E-state index contributed by atoms with van der Waals surface area (Å²) >= 11 is 0. The number of rotatable bonds is 4. The van der Waals surface area contributed by atoms with Crippen LogP contribution in [-0.2, 0) is 6.42 Å². The van der Waals surface area contributed by atoms with Crippen molar-refractivity contribution in [1.29, 1.82) is 0 Å². The number of para-hydroxylation sites is 1. The fraction of sp³-hybridized carbons (Fsp3) is 0.263. The van der Waals surface area contributed by atoms with E-state index in [4.69, 9.17) is 5.73 Å². The summed E-state index contributed by atoms with van der Waals surface area (Å²) in [5.74, 6) is -0.211. The average Bonchev–Trinajstić information content (AvgIpc) is 2.83. The highest BCUT2D eigenvalue weighted by atomic mass is 19.1. The first kappa shape index (κ1) is 14.8. The van der Waals surface area contributed by atoms with Crippen LogP contribution in [0.15, 0.2) is 48.5 Å². The molecule has 0 aliphatic rings. The fourth-order valence-electron chi connectivity index (χ4n) is 3.23. The zero-order valence-corrected chi connectivity index (χ0v) is 13.0. The number of aromatic nitrogens is 1. The lowest BCUT2D eigenvalue weighted by atomic mass is 10.0. The van der Waals surface area contributed by atoms with Gasteiger partial charge in [0.25, 0.3) is 0 Å². The molecule has 0 saturated carbocycles. The van der Waals surface area contributed by atoms with Crippen LogP contribution >= 0.6 is 0 Å². The third-order valence-electron chi connectivity index (χ3n) is 4.04. The second-order valence-corrected chi connectivity index (χ2v) is 5.85. The molecule has 0 amide bonds. The average molecular weight is 296 g/mol. The van der Waals surface area contributed by atoms with Crippen LogP contribution in [0.2, 0.25) is 0 Å². The van der Waals surface area contributed by atoms with Gasteiger partial charge in [0, 0.05) is 34.6 Å². The number of halogens is 1. The van der Waals surface area contributed by atoms with E-state index in [1.165, 1.54) is 34.3 Å². The molecule has 0 aliphatic carbocycles. The molecule has 3 heteroatoms. The highest BCUT2D eigenvalue weighted by Gasteiger charge is 2.19. The lowest BCUT2D eigenvalue weighted by Gasteiger charge is -2.15. The first-order valence-corrected chi connectivity index (χ1v) is 7.71. The summed E-state index contributed by atoms with van der Waals surface area (Å²) in [7, 11) is 0. The summed E-state index contributed by atoms with van der Waals surface area (Å²) in [6.45, 7) is 4.96. The molecule has 3 rings (SSSR count). The van der Waals surface area contributed by atoms with Crippen LogP contribution in [0, 0.1) is 5.82 Å². The molecule has 0 bridgehead atoms. The normalized spacial score (nSPS) is 11.5. The van der Waals surface area contributed by atoms with Gasteiger partial charge >= 0.3 is 0 Å². The van der Waals surface area contributed by atoms with Gasteiger partial charge in [0.15, 0.2) is 0 Å². The maximum atomic E-state index is 13.3. The van der Waals surface area contributed by atoms with Crippen molar-refractivity contribution in [2.75, 3.05) is 6.54 Å². The van der Waals surface area contributed by atoms with Crippen LogP contribution in [0.4, 0.5) is 4.39 Å². The van der Waals surface area contributed by atoms with E-state index in [2.05, 4.69) is 36.6 Å². The lowest BCUT2D eigenvalue weighted by Crippen LogP contribution is -2.11. The summed E-state index contributed by atoms with van der Waals surface area (Å²) < 4.78 is 15.6. The number of hydrogen-bond donors (Lipinski definition) is 1. The van der Waals surface area contributed by atoms with Gasteiger partial charge in [-0.3, -0.25) is 0 Å². The Morgan fingerprint density at radius 3 is 2.36 bits per heavy atom. The van der Waals surface area contributed by atoms with Crippen molar-refractivity contribution in [2.24, 2.45) is 5.73 Å². The standard InChI is InChI=1S/C19H21FN2/c1-13(2)22-17-6-4-3-5-16(17)19(18(22)11-12-21)14-7-9-15(20)10-8-14/h3-10,13H,11-12,21H2,1-2H3. The molecule has 2 N–H and O–H groups in total. The second kappa shape index (κ2) is 5.93. The van der Waals surface area contributed by atoms with E-state index < -0.39 is 0 Å². The van der Waals surface area contributed by atoms with Crippen LogP contribution in [0.3, 0.4) is 0 Å². The molecule has 0 spiro atoms. The molecule has 2 nitrogen and oxygen atoms in total. The number of hydrogen-bond acceptors (Lipinski definition) is 1. The topological polar surface area (TPSA) is 30.9 Å². The minimum absolute atomic E-state index is 0.211. The van der Waals surface area contributed by atoms with Gasteiger partial charge in [-0.15, -0.1) is 0 Å². The van der Waals surface area contributed by atoms with Gasteiger partial charge in [0.05, 0.1) is 0 Å². The molecule has 0 saturated heterocycles. The van der Waals surface area contributed by atoms with Crippen molar-refractivity contribution in [3.05, 3.63) is 60.0 Å². The minimum atomic E-state index is -0.211. The summed E-state index contributed by atoms with van der Waals surface area (Å²) in [5, 5.41) is 1.20. The third-order valence-corrected chi connectivity index (χ3v) is 4.04. The maximum absolute atomic E-state index is 13.3. The van der Waals surface area contributed by atoms with Crippen LogP contribution in [0.1, 0.15) is 25.6 Å². The molecule has 0 fully saturated rings. The Morgan fingerprint density at radius 2 is 1.73 bits per heavy atom. The Kier molecular flexibility index (Phi) is 3.99. The molecule has 1 aromatic heterocycles. The summed E-state index contributed by atoms with van der Waals surface area (Å²) in [4.78, 5) is 0. The molecule has 0 radical (unpaired) electrons. The van der Waals surface area contributed by atoms with Crippen LogP contribution < -0.4 is 5.73 Å². The van der Waals surface area contributed by atoms with E-state index in [0.29, 0.717) is 12.6 Å². The molecule has 2 aromatic carbocycles. The molecule has 3 aromatic rings. The Balaban J connectivity index is 2.36. The first-order valence-electron chi connectivity index (χ1n) is 7.71. The van der Waals surface area contributed by atoms with Gasteiger partial charge in [-0.05, 0) is 44.2 Å². The van der Waals surface area contributed by atoms with Crippen molar-refractivity contribution in [3.8, 4) is 11.1 Å². The summed E-state index contributed by atoms with van der Waals surface area (Å²) in [5.41, 5.74) is 10.5. The minimum Gasteiger partial charge on any atom is -0.341 e. The molecule has 0 unspecified atom stereocenters. The highest BCUT2D eigenvalue weighted by molar-refractivity contribution is 5.98. The van der Waals surface area contributed by atoms with E-state index in [1.54, 1.807) is 0 Å². The molecule has 114 valence electrons. The van der Waals surface area contributed by atoms with Gasteiger partial charge < -0.3 is 10.3 Å². The van der Waals surface area contributed by atoms with Gasteiger partial charge in [0.2, 0.25) is 0 Å². The zero-order chi connectivity index (χ0) is 15.7. The van der Waals surface area contributed by atoms with Crippen molar-refractivity contribution >= 4 is 10.9 Å². The molecule has 1 heterocycles. The van der Waals surface area contributed by atoms with E-state index in [9.17, 15) is 4.39 Å². The van der Waals surface area contributed by atoms with E-state index in [1.807, 2.05) is 18.2 Å². The molecule has 22 heavy (non-hydrogen) atoms. The van der Waals surface area contributed by atoms with E-state index >= 15 is 0 Å². The summed E-state index contributed by atoms with van der Waals surface area (Å²) in [6, 6.07) is 15.5. The third kappa shape index (κ3) is 2.42. The largest absolute Gasteiger partial charge is 0.341 e. The van der Waals surface area contributed by atoms with Gasteiger partial charge in [0.1, 0.15) is 5.82 Å². The van der Waals surface area contributed by atoms with E-state index in [0.717, 1.165) is 12.0 Å². The Hall–Kier alpha value is -2.13. The quantitative estimate of drug-likeness (QED) is 0.753. The number of fused-ring (bicyclic) bond motifs is 1. The van der Waals surface area contributed by atoms with Gasteiger partial charge in [-0.2, -0.15) is 0 Å². The number of benzene rings is 2. The molecular formula is C19H21FN2. The first-order chi connectivity index (χ1) is 10.6. The highest BCUT2D eigenvalue weighted by Crippen LogP contribution is 2.37. The van der Waals surface area contributed by atoms with Crippen molar-refractivity contribution in [3.63, 3.8) is 0 Å². The Morgan fingerprint density at radius 1 is 1.05 bits per heavy atom. The number of nitrogens with two attached hydrogens (primary N) is 1. The smallest absolute Gasteiger partial charge is 0.123 e. The summed E-state index contributed by atoms with van der Waals surface area (Å²) in [6.07, 6.45) is 0.805. The van der Waals surface area contributed by atoms with E-state index in [-0.39, 0.29) is 5.82 Å². The zero-order valence-electron chi connectivity index (χ0n) is 13.0. The second-order valence-electron chi connectivity index (χ2n) is 5.85. The van der Waals surface area contributed by atoms with Crippen molar-refractivity contribution < 1.29 is 4.39 Å². The van der Waals surface area contributed by atoms with Crippen molar-refractivity contribution in [2.45, 2.75) is 26.3 Å². The van der Waals surface area contributed by atoms with Crippen LogP contribution in [0.5, 0.6) is 0 Å². The Bertz CT molecular complexity index is 785. The Labute approximate surface area is 130 Å².